The van der Waals surface area contributed by atoms with E-state index in [9.17, 15) is 9.90 Å². The van der Waals surface area contributed by atoms with Crippen LogP contribution in [0.1, 0.15) is 44.1 Å². The first-order chi connectivity index (χ1) is 10.1. The van der Waals surface area contributed by atoms with Gasteiger partial charge in [0.25, 0.3) is 0 Å². The molecule has 0 bridgehead atoms. The largest absolute Gasteiger partial charge is 0.481 e. The van der Waals surface area contributed by atoms with Crippen molar-refractivity contribution in [1.82, 2.24) is 4.90 Å². The summed E-state index contributed by atoms with van der Waals surface area (Å²) in [5, 5.41) is 9.26. The van der Waals surface area contributed by atoms with Gasteiger partial charge in [0.1, 0.15) is 0 Å². The Morgan fingerprint density at radius 2 is 1.76 bits per heavy atom. The molecule has 2 unspecified atom stereocenters. The molecule has 1 aliphatic heterocycles. The molecule has 1 aromatic rings. The zero-order valence-corrected chi connectivity index (χ0v) is 12.7. The fourth-order valence-corrected chi connectivity index (χ4v) is 4.12. The fraction of sp³-hybridized carbons (Fsp3) is 0.611. The number of rotatable bonds is 3. The molecule has 3 nitrogen and oxygen atoms in total. The second-order valence-electron chi connectivity index (χ2n) is 6.79. The number of carboxylic acids is 1. The van der Waals surface area contributed by atoms with E-state index in [2.05, 4.69) is 42.2 Å². The number of carbonyl (C=O) groups is 1. The fourth-order valence-electron chi connectivity index (χ4n) is 4.12. The summed E-state index contributed by atoms with van der Waals surface area (Å²) in [5.74, 6) is 0.187. The van der Waals surface area contributed by atoms with E-state index in [1.165, 1.54) is 31.2 Å². The molecule has 0 radical (unpaired) electrons. The van der Waals surface area contributed by atoms with Gasteiger partial charge in [-0.25, -0.2) is 0 Å². The molecular weight excluding hydrogens is 262 g/mol. The standard InChI is InChI=1S/C18H25NO2/c1-13-11-19(12-17(13)18(20)21)16-9-7-15(8-10-16)14-5-3-2-4-6-14/h2-6,13,15-17H,7-12H2,1H3,(H,20,21). The van der Waals surface area contributed by atoms with Crippen LogP contribution in [-0.4, -0.2) is 35.1 Å². The third kappa shape index (κ3) is 3.13. The van der Waals surface area contributed by atoms with Crippen LogP contribution < -0.4 is 0 Å². The molecule has 2 fully saturated rings. The number of benzene rings is 1. The van der Waals surface area contributed by atoms with E-state index in [4.69, 9.17) is 0 Å². The van der Waals surface area contributed by atoms with Crippen LogP contribution in [0.5, 0.6) is 0 Å². The Kier molecular flexibility index (Phi) is 4.29. The SMILES string of the molecule is CC1CN(C2CCC(c3ccccc3)CC2)CC1C(=O)O. The summed E-state index contributed by atoms with van der Waals surface area (Å²) < 4.78 is 0. The Labute approximate surface area is 127 Å². The molecular formula is C18H25NO2. The smallest absolute Gasteiger partial charge is 0.308 e. The highest BCUT2D eigenvalue weighted by atomic mass is 16.4. The van der Waals surface area contributed by atoms with Gasteiger partial charge in [-0.15, -0.1) is 0 Å². The summed E-state index contributed by atoms with van der Waals surface area (Å²) in [6.07, 6.45) is 4.88. The maximum Gasteiger partial charge on any atom is 0.308 e. The molecule has 114 valence electrons. The van der Waals surface area contributed by atoms with Crippen molar-refractivity contribution < 1.29 is 9.90 Å². The summed E-state index contributed by atoms with van der Waals surface area (Å²) in [7, 11) is 0. The van der Waals surface area contributed by atoms with E-state index in [-0.39, 0.29) is 11.8 Å². The molecule has 1 saturated heterocycles. The van der Waals surface area contributed by atoms with Crippen LogP contribution in [0.25, 0.3) is 0 Å². The topological polar surface area (TPSA) is 40.5 Å². The van der Waals surface area contributed by atoms with Crippen molar-refractivity contribution in [3.05, 3.63) is 35.9 Å². The van der Waals surface area contributed by atoms with E-state index in [1.807, 2.05) is 0 Å². The van der Waals surface area contributed by atoms with E-state index < -0.39 is 5.97 Å². The van der Waals surface area contributed by atoms with Crippen LogP contribution >= 0.6 is 0 Å². The predicted octanol–water partition coefficient (Wildman–Crippen LogP) is 3.37. The lowest BCUT2D eigenvalue weighted by atomic mass is 9.81. The molecule has 1 saturated carbocycles. The summed E-state index contributed by atoms with van der Waals surface area (Å²) in [4.78, 5) is 13.7. The summed E-state index contributed by atoms with van der Waals surface area (Å²) in [6.45, 7) is 3.78. The van der Waals surface area contributed by atoms with Gasteiger partial charge in [-0.3, -0.25) is 9.69 Å². The highest BCUT2D eigenvalue weighted by molar-refractivity contribution is 5.71. The first kappa shape index (κ1) is 14.6. The number of likely N-dealkylation sites (tertiary alicyclic amines) is 1. The highest BCUT2D eigenvalue weighted by Crippen LogP contribution is 2.37. The zero-order chi connectivity index (χ0) is 14.8. The average Bonchev–Trinajstić information content (AvgIpc) is 2.90. The van der Waals surface area contributed by atoms with Crippen molar-refractivity contribution in [1.29, 1.82) is 0 Å². The van der Waals surface area contributed by atoms with Crippen molar-refractivity contribution in [2.45, 2.75) is 44.6 Å². The molecule has 2 atom stereocenters. The Morgan fingerprint density at radius 3 is 2.33 bits per heavy atom. The normalized spacial score (nSPS) is 34.0. The number of aliphatic carboxylic acids is 1. The van der Waals surface area contributed by atoms with Crippen LogP contribution in [0.3, 0.4) is 0 Å². The van der Waals surface area contributed by atoms with E-state index >= 15 is 0 Å². The molecule has 0 amide bonds. The molecule has 0 spiro atoms. The lowest BCUT2D eigenvalue weighted by Crippen LogP contribution is -2.36. The van der Waals surface area contributed by atoms with Crippen molar-refractivity contribution in [3.8, 4) is 0 Å². The van der Waals surface area contributed by atoms with Gasteiger partial charge in [-0.2, -0.15) is 0 Å². The minimum atomic E-state index is -0.622. The average molecular weight is 287 g/mol. The minimum absolute atomic E-state index is 0.170. The van der Waals surface area contributed by atoms with E-state index in [0.29, 0.717) is 12.0 Å². The minimum Gasteiger partial charge on any atom is -0.481 e. The first-order valence-electron chi connectivity index (χ1n) is 8.17. The van der Waals surface area contributed by atoms with Gasteiger partial charge in [0.15, 0.2) is 0 Å². The quantitative estimate of drug-likeness (QED) is 0.926. The molecule has 2 aliphatic rings. The van der Waals surface area contributed by atoms with Gasteiger partial charge in [-0.05, 0) is 43.1 Å². The third-order valence-corrected chi connectivity index (χ3v) is 5.44. The summed E-state index contributed by atoms with van der Waals surface area (Å²) in [6, 6.07) is 11.4. The lowest BCUT2D eigenvalue weighted by molar-refractivity contribution is -0.142. The Balaban J connectivity index is 1.56. The second-order valence-corrected chi connectivity index (χ2v) is 6.79. The van der Waals surface area contributed by atoms with Crippen LogP contribution in [-0.2, 0) is 4.79 Å². The highest BCUT2D eigenvalue weighted by Gasteiger charge is 2.38. The van der Waals surface area contributed by atoms with Crippen LogP contribution in [0.4, 0.5) is 0 Å². The molecule has 1 aliphatic carbocycles. The predicted molar refractivity (Wildman–Crippen MR) is 83.3 cm³/mol. The number of carboxylic acid groups (broad SMARTS) is 1. The van der Waals surface area contributed by atoms with Gasteiger partial charge in [-0.1, -0.05) is 37.3 Å². The monoisotopic (exact) mass is 287 g/mol. The van der Waals surface area contributed by atoms with Gasteiger partial charge < -0.3 is 5.11 Å². The van der Waals surface area contributed by atoms with Crippen LogP contribution in [0, 0.1) is 11.8 Å². The Hall–Kier alpha value is -1.35. The van der Waals surface area contributed by atoms with Gasteiger partial charge in [0.2, 0.25) is 0 Å². The molecule has 1 aromatic carbocycles. The second kappa shape index (κ2) is 6.18. The van der Waals surface area contributed by atoms with Crippen molar-refractivity contribution in [2.24, 2.45) is 11.8 Å². The third-order valence-electron chi connectivity index (χ3n) is 5.44. The van der Waals surface area contributed by atoms with Crippen LogP contribution in [0.2, 0.25) is 0 Å². The molecule has 3 heteroatoms. The van der Waals surface area contributed by atoms with Crippen molar-refractivity contribution in [2.75, 3.05) is 13.1 Å². The molecule has 0 aromatic heterocycles. The Morgan fingerprint density at radius 1 is 1.10 bits per heavy atom. The maximum absolute atomic E-state index is 11.3. The zero-order valence-electron chi connectivity index (χ0n) is 12.7. The van der Waals surface area contributed by atoms with Gasteiger partial charge in [0.05, 0.1) is 5.92 Å². The molecule has 3 rings (SSSR count). The van der Waals surface area contributed by atoms with Crippen LogP contribution in [0.15, 0.2) is 30.3 Å². The van der Waals surface area contributed by atoms with E-state index in [1.54, 1.807) is 0 Å². The van der Waals surface area contributed by atoms with E-state index in [0.717, 1.165) is 13.1 Å². The number of hydrogen-bond donors (Lipinski definition) is 1. The summed E-state index contributed by atoms with van der Waals surface area (Å²) in [5.41, 5.74) is 1.47. The molecule has 1 heterocycles. The van der Waals surface area contributed by atoms with Gasteiger partial charge in [0, 0.05) is 19.1 Å². The van der Waals surface area contributed by atoms with Crippen molar-refractivity contribution >= 4 is 5.97 Å². The molecule has 21 heavy (non-hydrogen) atoms. The molecule has 1 N–H and O–H groups in total. The summed E-state index contributed by atoms with van der Waals surface area (Å²) >= 11 is 0. The number of hydrogen-bond acceptors (Lipinski definition) is 2. The maximum atomic E-state index is 11.3. The van der Waals surface area contributed by atoms with Crippen molar-refractivity contribution in [3.63, 3.8) is 0 Å². The van der Waals surface area contributed by atoms with Gasteiger partial charge >= 0.3 is 5.97 Å². The number of nitrogens with zero attached hydrogens (tertiary/aromatic N) is 1. The lowest BCUT2D eigenvalue weighted by Gasteiger charge is -2.35. The first-order valence-corrected chi connectivity index (χ1v) is 8.17. The Bertz CT molecular complexity index is 479.